The summed E-state index contributed by atoms with van der Waals surface area (Å²) < 4.78 is 23.4. The minimum absolute atomic E-state index is 0.0773. The number of aromatic hydroxyl groups is 1. The van der Waals surface area contributed by atoms with Crippen LogP contribution in [-0.4, -0.2) is 29.7 Å². The van der Waals surface area contributed by atoms with Crippen LogP contribution in [0.4, 0.5) is 11.5 Å². The van der Waals surface area contributed by atoms with E-state index in [1.165, 1.54) is 18.5 Å². The van der Waals surface area contributed by atoms with E-state index in [1.807, 2.05) is 0 Å². The van der Waals surface area contributed by atoms with Crippen molar-refractivity contribution in [1.82, 2.24) is 9.97 Å². The average molecular weight is 315 g/mol. The number of rotatable bonds is 3. The minimum Gasteiger partial charge on any atom is -0.506 e. The Balaban J connectivity index is 2.15. The lowest BCUT2D eigenvalue weighted by Gasteiger charge is -2.10. The number of nitrogens with zero attached hydrogens (tertiary/aromatic N) is 2. The summed E-state index contributed by atoms with van der Waals surface area (Å²) in [4.78, 5) is 8.45. The van der Waals surface area contributed by atoms with Crippen molar-refractivity contribution in [2.45, 2.75) is 4.90 Å². The van der Waals surface area contributed by atoms with Gasteiger partial charge in [0, 0.05) is 11.6 Å². The fourth-order valence-corrected chi connectivity index (χ4v) is 2.72. The molecule has 0 radical (unpaired) electrons. The fraction of sp³-hybridized carbons (Fsp3) is 0.0667. The van der Waals surface area contributed by atoms with Crippen molar-refractivity contribution in [2.75, 3.05) is 11.6 Å². The SMILES string of the molecule is CS(=O)(=O)c1ccc2ncnc(Nc3ccccc3O)c2c1. The number of para-hydroxylation sites is 2. The Morgan fingerprint density at radius 1 is 1.09 bits per heavy atom. The number of nitrogens with one attached hydrogen (secondary N) is 1. The molecule has 2 N–H and O–H groups in total. The highest BCUT2D eigenvalue weighted by Crippen LogP contribution is 2.29. The zero-order valence-electron chi connectivity index (χ0n) is 11.7. The van der Waals surface area contributed by atoms with Crippen LogP contribution in [0.1, 0.15) is 0 Å². The predicted molar refractivity (Wildman–Crippen MR) is 84.0 cm³/mol. The molecular weight excluding hydrogens is 302 g/mol. The number of hydrogen-bond acceptors (Lipinski definition) is 6. The second kappa shape index (κ2) is 5.27. The van der Waals surface area contributed by atoms with Gasteiger partial charge in [-0.25, -0.2) is 18.4 Å². The van der Waals surface area contributed by atoms with Crippen LogP contribution in [0, 0.1) is 0 Å². The first kappa shape index (κ1) is 14.3. The smallest absolute Gasteiger partial charge is 0.175 e. The zero-order chi connectivity index (χ0) is 15.7. The lowest BCUT2D eigenvalue weighted by molar-refractivity contribution is 0.477. The van der Waals surface area contributed by atoms with E-state index in [0.717, 1.165) is 6.26 Å². The van der Waals surface area contributed by atoms with Gasteiger partial charge in [0.15, 0.2) is 9.84 Å². The average Bonchev–Trinajstić information content (AvgIpc) is 2.48. The molecule has 0 amide bonds. The Hall–Kier alpha value is -2.67. The van der Waals surface area contributed by atoms with Crippen molar-refractivity contribution >= 4 is 32.2 Å². The highest BCUT2D eigenvalue weighted by atomic mass is 32.2. The molecule has 2 aromatic carbocycles. The molecule has 3 aromatic rings. The number of sulfone groups is 1. The van der Waals surface area contributed by atoms with E-state index in [9.17, 15) is 13.5 Å². The topological polar surface area (TPSA) is 92.2 Å². The molecule has 0 fully saturated rings. The standard InChI is InChI=1S/C15H13N3O3S/c1-22(20,21)10-6-7-12-11(8-10)15(17-9-16-12)18-13-4-2-3-5-14(13)19/h2-9,19H,1H3,(H,16,17,18). The predicted octanol–water partition coefficient (Wildman–Crippen LogP) is 2.48. The Bertz CT molecular complexity index is 955. The summed E-state index contributed by atoms with van der Waals surface area (Å²) in [6, 6.07) is 11.4. The first-order chi connectivity index (χ1) is 10.4. The molecule has 0 aliphatic rings. The van der Waals surface area contributed by atoms with Crippen LogP contribution in [0.3, 0.4) is 0 Å². The molecule has 0 atom stereocenters. The summed E-state index contributed by atoms with van der Waals surface area (Å²) in [6.45, 7) is 0. The third-order valence-corrected chi connectivity index (χ3v) is 4.30. The van der Waals surface area contributed by atoms with Gasteiger partial charge in [-0.05, 0) is 30.3 Å². The molecular formula is C15H13N3O3S. The van der Waals surface area contributed by atoms with E-state index in [1.54, 1.807) is 30.3 Å². The monoisotopic (exact) mass is 315 g/mol. The number of benzene rings is 2. The highest BCUT2D eigenvalue weighted by molar-refractivity contribution is 7.90. The highest BCUT2D eigenvalue weighted by Gasteiger charge is 2.12. The summed E-state index contributed by atoms with van der Waals surface area (Å²) in [7, 11) is -3.32. The van der Waals surface area contributed by atoms with Gasteiger partial charge < -0.3 is 10.4 Å². The molecule has 6 nitrogen and oxygen atoms in total. The van der Waals surface area contributed by atoms with E-state index < -0.39 is 9.84 Å². The maximum Gasteiger partial charge on any atom is 0.175 e. The number of hydrogen-bond donors (Lipinski definition) is 2. The Kier molecular flexibility index (Phi) is 3.42. The quantitative estimate of drug-likeness (QED) is 0.721. The number of fused-ring (bicyclic) bond motifs is 1. The maximum absolute atomic E-state index is 11.7. The summed E-state index contributed by atoms with van der Waals surface area (Å²) in [5.74, 6) is 0.505. The number of anilines is 2. The van der Waals surface area contributed by atoms with Gasteiger partial charge in [0.2, 0.25) is 0 Å². The molecule has 0 bridgehead atoms. The van der Waals surface area contributed by atoms with Crippen molar-refractivity contribution in [3.05, 3.63) is 48.8 Å². The van der Waals surface area contributed by atoms with E-state index in [0.29, 0.717) is 22.4 Å². The second-order valence-electron chi connectivity index (χ2n) is 4.82. The van der Waals surface area contributed by atoms with Crippen molar-refractivity contribution in [3.63, 3.8) is 0 Å². The van der Waals surface area contributed by atoms with Crippen molar-refractivity contribution in [3.8, 4) is 5.75 Å². The number of phenolic OH excluding ortho intramolecular Hbond substituents is 1. The Morgan fingerprint density at radius 3 is 2.59 bits per heavy atom. The van der Waals surface area contributed by atoms with Crippen molar-refractivity contribution < 1.29 is 13.5 Å². The van der Waals surface area contributed by atoms with E-state index >= 15 is 0 Å². The maximum atomic E-state index is 11.7. The normalized spacial score (nSPS) is 11.5. The molecule has 112 valence electrons. The molecule has 0 unspecified atom stereocenters. The molecule has 3 rings (SSSR count). The van der Waals surface area contributed by atoms with E-state index in [-0.39, 0.29) is 10.6 Å². The molecule has 0 spiro atoms. The van der Waals surface area contributed by atoms with Gasteiger partial charge in [-0.2, -0.15) is 0 Å². The molecule has 0 saturated carbocycles. The van der Waals surface area contributed by atoms with Gasteiger partial charge in [0.1, 0.15) is 17.9 Å². The van der Waals surface area contributed by atoms with Crippen LogP contribution in [-0.2, 0) is 9.84 Å². The molecule has 22 heavy (non-hydrogen) atoms. The summed E-state index contributed by atoms with van der Waals surface area (Å²) in [5.41, 5.74) is 1.09. The third kappa shape index (κ3) is 2.71. The molecule has 0 aliphatic heterocycles. The van der Waals surface area contributed by atoms with Crippen LogP contribution in [0.2, 0.25) is 0 Å². The van der Waals surface area contributed by atoms with Gasteiger partial charge in [-0.3, -0.25) is 0 Å². The number of phenols is 1. The first-order valence-electron chi connectivity index (χ1n) is 6.45. The summed E-state index contributed by atoms with van der Waals surface area (Å²) in [5, 5.41) is 13.4. The van der Waals surface area contributed by atoms with Crippen LogP contribution < -0.4 is 5.32 Å². The van der Waals surface area contributed by atoms with Crippen LogP contribution in [0.15, 0.2) is 53.7 Å². The van der Waals surface area contributed by atoms with E-state index in [4.69, 9.17) is 0 Å². The minimum atomic E-state index is -3.32. The van der Waals surface area contributed by atoms with Gasteiger partial charge in [0.25, 0.3) is 0 Å². The zero-order valence-corrected chi connectivity index (χ0v) is 12.5. The van der Waals surface area contributed by atoms with Crippen LogP contribution >= 0.6 is 0 Å². The molecule has 0 aliphatic carbocycles. The molecule has 1 aromatic heterocycles. The van der Waals surface area contributed by atoms with E-state index in [2.05, 4.69) is 15.3 Å². The van der Waals surface area contributed by atoms with Crippen LogP contribution in [0.25, 0.3) is 10.9 Å². The third-order valence-electron chi connectivity index (χ3n) is 3.19. The Labute approximate surface area is 127 Å². The lowest BCUT2D eigenvalue weighted by atomic mass is 10.2. The number of aromatic nitrogens is 2. The molecule has 1 heterocycles. The lowest BCUT2D eigenvalue weighted by Crippen LogP contribution is -2.00. The second-order valence-corrected chi connectivity index (χ2v) is 6.83. The first-order valence-corrected chi connectivity index (χ1v) is 8.34. The largest absolute Gasteiger partial charge is 0.506 e. The Morgan fingerprint density at radius 2 is 1.86 bits per heavy atom. The van der Waals surface area contributed by atoms with Crippen LogP contribution in [0.5, 0.6) is 5.75 Å². The van der Waals surface area contributed by atoms with Gasteiger partial charge in [0.05, 0.1) is 16.1 Å². The molecule has 0 saturated heterocycles. The van der Waals surface area contributed by atoms with Gasteiger partial charge >= 0.3 is 0 Å². The van der Waals surface area contributed by atoms with Crippen molar-refractivity contribution in [2.24, 2.45) is 0 Å². The summed E-state index contributed by atoms with van der Waals surface area (Å²) >= 11 is 0. The summed E-state index contributed by atoms with van der Waals surface area (Å²) in [6.07, 6.45) is 2.53. The fourth-order valence-electron chi connectivity index (χ4n) is 2.07. The van der Waals surface area contributed by atoms with Crippen molar-refractivity contribution in [1.29, 1.82) is 0 Å². The van der Waals surface area contributed by atoms with Gasteiger partial charge in [-0.1, -0.05) is 12.1 Å². The molecule has 7 heteroatoms. The van der Waals surface area contributed by atoms with Gasteiger partial charge in [-0.15, -0.1) is 0 Å².